The Labute approximate surface area is 221 Å². The average Bonchev–Trinajstić information content (AvgIpc) is 3.42. The number of thiazole rings is 1. The van der Waals surface area contributed by atoms with Crippen LogP contribution in [-0.2, 0) is 9.53 Å². The molecule has 2 atom stereocenters. The molecule has 1 saturated heterocycles. The first-order valence-corrected chi connectivity index (χ1v) is 13.3. The van der Waals surface area contributed by atoms with E-state index < -0.39 is 5.82 Å². The molecule has 192 valence electrons. The summed E-state index contributed by atoms with van der Waals surface area (Å²) in [5, 5.41) is 5.27. The van der Waals surface area contributed by atoms with Gasteiger partial charge in [-0.15, -0.1) is 0 Å². The van der Waals surface area contributed by atoms with Crippen molar-refractivity contribution in [2.24, 2.45) is 0 Å². The zero-order valence-electron chi connectivity index (χ0n) is 20.6. The zero-order chi connectivity index (χ0) is 25.8. The Kier molecular flexibility index (Phi) is 6.09. The van der Waals surface area contributed by atoms with Crippen LogP contribution in [0.15, 0.2) is 30.6 Å². The molecule has 3 aromatic heterocycles. The predicted molar refractivity (Wildman–Crippen MR) is 141 cm³/mol. The maximum Gasteiger partial charge on any atom is 0.228 e. The summed E-state index contributed by atoms with van der Waals surface area (Å²) in [4.78, 5) is 29.7. The van der Waals surface area contributed by atoms with E-state index in [1.165, 1.54) is 29.2 Å². The van der Waals surface area contributed by atoms with Gasteiger partial charge in [-0.2, -0.15) is 15.1 Å². The number of morpholine rings is 1. The fourth-order valence-corrected chi connectivity index (χ4v) is 5.62. The molecule has 37 heavy (non-hydrogen) atoms. The minimum atomic E-state index is -0.492. The zero-order valence-corrected chi connectivity index (χ0v) is 22.1. The number of ether oxygens (including phenoxy) is 1. The number of rotatable bonds is 5. The van der Waals surface area contributed by atoms with Crippen LogP contribution in [0.2, 0.25) is 5.02 Å². The van der Waals surface area contributed by atoms with Crippen LogP contribution in [0.5, 0.6) is 0 Å². The van der Waals surface area contributed by atoms with E-state index >= 15 is 4.39 Å². The van der Waals surface area contributed by atoms with Crippen LogP contribution >= 0.6 is 22.9 Å². The Hall–Kier alpha value is -3.15. The van der Waals surface area contributed by atoms with Gasteiger partial charge in [0.2, 0.25) is 11.9 Å². The Balaban J connectivity index is 1.42. The summed E-state index contributed by atoms with van der Waals surface area (Å²) in [5.41, 5.74) is 2.11. The number of anilines is 2. The molecule has 6 rings (SSSR count). The van der Waals surface area contributed by atoms with E-state index in [0.29, 0.717) is 56.8 Å². The number of carbonyl (C=O) groups is 1. The Morgan fingerprint density at radius 1 is 1.24 bits per heavy atom. The fourth-order valence-electron chi connectivity index (χ4n) is 4.44. The van der Waals surface area contributed by atoms with Crippen molar-refractivity contribution in [1.29, 1.82) is 0 Å². The van der Waals surface area contributed by atoms with E-state index in [1.54, 1.807) is 19.2 Å². The summed E-state index contributed by atoms with van der Waals surface area (Å²) < 4.78 is 23.9. The Morgan fingerprint density at radius 3 is 2.78 bits per heavy atom. The quantitative estimate of drug-likeness (QED) is 0.350. The second-order valence-electron chi connectivity index (χ2n) is 9.55. The molecule has 4 heterocycles. The highest BCUT2D eigenvalue weighted by molar-refractivity contribution is 7.22. The summed E-state index contributed by atoms with van der Waals surface area (Å²) in [6, 6.07) is 4.98. The first kappa shape index (κ1) is 24.2. The number of carbonyl (C=O) groups excluding carboxylic acids is 1. The van der Waals surface area contributed by atoms with Gasteiger partial charge in [-0.1, -0.05) is 22.9 Å². The molecule has 1 aromatic carbocycles. The minimum absolute atomic E-state index is 0.0899. The van der Waals surface area contributed by atoms with E-state index in [4.69, 9.17) is 26.3 Å². The first-order chi connectivity index (χ1) is 17.8. The molecule has 12 heteroatoms. The number of aromatic nitrogens is 5. The third-order valence-electron chi connectivity index (χ3n) is 6.63. The molecule has 1 saturated carbocycles. The highest BCUT2D eigenvalue weighted by Crippen LogP contribution is 2.39. The summed E-state index contributed by atoms with van der Waals surface area (Å²) in [5.74, 6) is -0.231. The monoisotopic (exact) mass is 541 g/mol. The van der Waals surface area contributed by atoms with Crippen molar-refractivity contribution in [3.63, 3.8) is 0 Å². The second kappa shape index (κ2) is 9.30. The lowest BCUT2D eigenvalue weighted by Crippen LogP contribution is -2.43. The van der Waals surface area contributed by atoms with Gasteiger partial charge < -0.3 is 9.64 Å². The van der Waals surface area contributed by atoms with Crippen LogP contribution in [0.25, 0.3) is 21.6 Å². The lowest BCUT2D eigenvalue weighted by Gasteiger charge is -2.36. The van der Waals surface area contributed by atoms with Crippen molar-refractivity contribution in [2.45, 2.75) is 44.9 Å². The highest BCUT2D eigenvalue weighted by Gasteiger charge is 2.32. The topological polar surface area (TPSA) is 89.3 Å². The summed E-state index contributed by atoms with van der Waals surface area (Å²) in [6.07, 6.45) is 5.93. The Morgan fingerprint density at radius 2 is 2.05 bits per heavy atom. The van der Waals surface area contributed by atoms with E-state index in [9.17, 15) is 4.79 Å². The summed E-state index contributed by atoms with van der Waals surface area (Å²) in [7, 11) is 1.65. The van der Waals surface area contributed by atoms with Gasteiger partial charge in [0, 0.05) is 42.9 Å². The van der Waals surface area contributed by atoms with Gasteiger partial charge in [-0.25, -0.2) is 9.37 Å². The highest BCUT2D eigenvalue weighted by atomic mass is 35.5. The van der Waals surface area contributed by atoms with Crippen molar-refractivity contribution in [3.8, 4) is 11.3 Å². The lowest BCUT2D eigenvalue weighted by molar-refractivity contribution is -0.116. The van der Waals surface area contributed by atoms with Crippen LogP contribution in [0.4, 0.5) is 15.5 Å². The Bertz CT molecular complexity index is 1500. The average molecular weight is 542 g/mol. The van der Waals surface area contributed by atoms with Gasteiger partial charge >= 0.3 is 0 Å². The normalized spacial score (nSPS) is 20.0. The van der Waals surface area contributed by atoms with Crippen LogP contribution in [0, 0.1) is 5.82 Å². The van der Waals surface area contributed by atoms with Crippen LogP contribution in [0.3, 0.4) is 0 Å². The smallest absolute Gasteiger partial charge is 0.228 e. The minimum Gasteiger partial charge on any atom is -0.367 e. The summed E-state index contributed by atoms with van der Waals surface area (Å²) >= 11 is 7.26. The van der Waals surface area contributed by atoms with Crippen molar-refractivity contribution in [2.75, 3.05) is 29.9 Å². The van der Waals surface area contributed by atoms with E-state index in [1.807, 2.05) is 22.7 Å². The summed E-state index contributed by atoms with van der Waals surface area (Å²) in [6.45, 7) is 4.54. The van der Waals surface area contributed by atoms with E-state index in [2.05, 4.69) is 16.3 Å². The predicted octanol–water partition coefficient (Wildman–Crippen LogP) is 5.03. The molecule has 0 bridgehead atoms. The number of hydrogen-bond acceptors (Lipinski definition) is 8. The van der Waals surface area contributed by atoms with E-state index in [-0.39, 0.29) is 18.1 Å². The molecule has 1 aliphatic carbocycles. The molecule has 9 nitrogen and oxygen atoms in total. The van der Waals surface area contributed by atoms with Gasteiger partial charge in [-0.05, 0) is 38.0 Å². The van der Waals surface area contributed by atoms with Gasteiger partial charge in [0.25, 0.3) is 0 Å². The number of fused-ring (bicyclic) bond motifs is 1. The molecule has 2 aliphatic rings. The fraction of sp³-hybridized carbons (Fsp3) is 0.400. The second-order valence-corrected chi connectivity index (χ2v) is 11.0. The maximum absolute atomic E-state index is 15.1. The standard InChI is InChI=1S/C25H25ClFN7O2S/c1-13-10-33(12-20(36-13)15-9-28-34(11-15)17-5-6-17)24-29-21(18-7-4-16(26)8-19(18)27)22-23(30-24)31-25(37-22)32(3)14(2)35/h4,7-9,11,13,17,20H,5-6,10,12H2,1-3H3. The molecule has 0 radical (unpaired) electrons. The number of benzene rings is 1. The number of nitrogens with zero attached hydrogens (tertiary/aromatic N) is 7. The number of halogens is 2. The third kappa shape index (κ3) is 4.67. The third-order valence-corrected chi connectivity index (χ3v) is 8.00. The molecule has 0 spiro atoms. The number of hydrogen-bond donors (Lipinski definition) is 0. The van der Waals surface area contributed by atoms with Crippen molar-refractivity contribution in [3.05, 3.63) is 47.0 Å². The molecular weight excluding hydrogens is 517 g/mol. The van der Waals surface area contributed by atoms with Crippen LogP contribution in [-0.4, -0.2) is 56.9 Å². The van der Waals surface area contributed by atoms with Crippen molar-refractivity contribution < 1.29 is 13.9 Å². The molecule has 2 unspecified atom stereocenters. The molecule has 0 N–H and O–H groups in total. The van der Waals surface area contributed by atoms with Crippen molar-refractivity contribution in [1.82, 2.24) is 24.7 Å². The van der Waals surface area contributed by atoms with E-state index in [0.717, 1.165) is 18.4 Å². The van der Waals surface area contributed by atoms with Gasteiger partial charge in [-0.3, -0.25) is 14.4 Å². The SMILES string of the molecule is CC(=O)N(C)c1nc2nc(N3CC(C)OC(c4cnn(C5CC5)c4)C3)nc(-c3ccc(Cl)cc3F)c2s1. The molecule has 1 amide bonds. The molecule has 4 aromatic rings. The van der Waals surface area contributed by atoms with Crippen molar-refractivity contribution >= 4 is 50.3 Å². The maximum atomic E-state index is 15.1. The largest absolute Gasteiger partial charge is 0.367 e. The van der Waals surface area contributed by atoms with Crippen LogP contribution < -0.4 is 9.80 Å². The first-order valence-electron chi connectivity index (χ1n) is 12.1. The molecular formula is C25H25ClFN7O2S. The molecule has 2 fully saturated rings. The lowest BCUT2D eigenvalue weighted by atomic mass is 10.1. The van der Waals surface area contributed by atoms with Gasteiger partial charge in [0.15, 0.2) is 10.8 Å². The van der Waals surface area contributed by atoms with Gasteiger partial charge in [0.05, 0.1) is 30.6 Å². The number of amides is 1. The van der Waals surface area contributed by atoms with Gasteiger partial charge in [0.1, 0.15) is 16.6 Å². The molecule has 1 aliphatic heterocycles. The van der Waals surface area contributed by atoms with Crippen LogP contribution in [0.1, 0.15) is 44.4 Å².